The van der Waals surface area contributed by atoms with Crippen molar-refractivity contribution in [3.05, 3.63) is 39.9 Å². The molecule has 1 aromatic rings. The maximum absolute atomic E-state index is 6.59. The van der Waals surface area contributed by atoms with Crippen LogP contribution in [-0.2, 0) is 6.42 Å². The summed E-state index contributed by atoms with van der Waals surface area (Å²) in [6.45, 7) is 7.13. The van der Waals surface area contributed by atoms with Gasteiger partial charge in [0, 0.05) is 12.6 Å². The molecule has 0 unspecified atom stereocenters. The Balaban J connectivity index is 2.60. The molecule has 1 heterocycles. The van der Waals surface area contributed by atoms with Gasteiger partial charge >= 0.3 is 0 Å². The van der Waals surface area contributed by atoms with Gasteiger partial charge in [-0.15, -0.1) is 0 Å². The monoisotopic (exact) mass is 210 g/mol. The van der Waals surface area contributed by atoms with E-state index in [9.17, 15) is 0 Å². The minimum Gasteiger partial charge on any atom is -0.317 e. The van der Waals surface area contributed by atoms with Crippen LogP contribution in [0, 0.1) is 6.57 Å². The fourth-order valence-electron chi connectivity index (χ4n) is 0.739. The fraction of sp³-hybridized carbons (Fsp3) is 0.250. The number of rotatable bonds is 2. The molecule has 0 bridgehead atoms. The Kier molecular flexibility index (Phi) is 3.06. The Morgan fingerprint density at radius 3 is 2.91 bits per heavy atom. The molecule has 0 spiro atoms. The highest BCUT2D eigenvalue weighted by atomic mass is 79.9. The average molecular weight is 211 g/mol. The van der Waals surface area contributed by atoms with Gasteiger partial charge in [0.2, 0.25) is 6.54 Å². The second-order valence-corrected chi connectivity index (χ2v) is 2.93. The first-order chi connectivity index (χ1) is 5.33. The van der Waals surface area contributed by atoms with E-state index in [-0.39, 0.29) is 0 Å². The molecule has 0 aromatic carbocycles. The molecule has 0 radical (unpaired) electrons. The number of pyridine rings is 1. The van der Waals surface area contributed by atoms with Gasteiger partial charge in [-0.25, -0.2) is 11.6 Å². The van der Waals surface area contributed by atoms with Gasteiger partial charge in [-0.2, -0.15) is 0 Å². The van der Waals surface area contributed by atoms with Crippen LogP contribution < -0.4 is 0 Å². The van der Waals surface area contributed by atoms with Gasteiger partial charge in [-0.3, -0.25) is 0 Å². The van der Waals surface area contributed by atoms with Crippen molar-refractivity contribution in [2.24, 2.45) is 0 Å². The highest BCUT2D eigenvalue weighted by molar-refractivity contribution is 9.10. The van der Waals surface area contributed by atoms with Crippen molar-refractivity contribution in [2.45, 2.75) is 6.42 Å². The Morgan fingerprint density at radius 2 is 2.36 bits per heavy atom. The van der Waals surface area contributed by atoms with E-state index >= 15 is 0 Å². The number of nitrogens with zero attached hydrogens (tertiary/aromatic N) is 2. The van der Waals surface area contributed by atoms with Gasteiger partial charge in [0.1, 0.15) is 4.60 Å². The lowest BCUT2D eigenvalue weighted by atomic mass is 10.2. The molecule has 0 N–H and O–H groups in total. The topological polar surface area (TPSA) is 17.2 Å². The van der Waals surface area contributed by atoms with Crippen LogP contribution in [0.15, 0.2) is 22.9 Å². The van der Waals surface area contributed by atoms with Crippen molar-refractivity contribution in [1.29, 1.82) is 0 Å². The molecule has 0 aliphatic rings. The molecule has 0 aliphatic heterocycles. The fourth-order valence-corrected chi connectivity index (χ4v) is 0.974. The van der Waals surface area contributed by atoms with E-state index in [4.69, 9.17) is 6.57 Å². The number of hydrogen-bond donors (Lipinski definition) is 0. The zero-order valence-corrected chi connectivity index (χ0v) is 7.50. The third kappa shape index (κ3) is 2.69. The molecule has 2 nitrogen and oxygen atoms in total. The molecular weight excluding hydrogens is 204 g/mol. The third-order valence-corrected chi connectivity index (χ3v) is 1.77. The van der Waals surface area contributed by atoms with Gasteiger partial charge in [0.25, 0.3) is 0 Å². The van der Waals surface area contributed by atoms with Crippen molar-refractivity contribution in [3.8, 4) is 0 Å². The molecule has 1 aromatic heterocycles. The molecule has 1 rings (SSSR count). The van der Waals surface area contributed by atoms with Crippen LogP contribution in [0.4, 0.5) is 0 Å². The Labute approximate surface area is 74.2 Å². The minimum absolute atomic E-state index is 0.545. The Hall–Kier alpha value is -0.880. The van der Waals surface area contributed by atoms with Crippen LogP contribution in [0.25, 0.3) is 4.85 Å². The van der Waals surface area contributed by atoms with Crippen LogP contribution in [0.1, 0.15) is 5.56 Å². The van der Waals surface area contributed by atoms with E-state index in [0.29, 0.717) is 6.54 Å². The van der Waals surface area contributed by atoms with Gasteiger partial charge < -0.3 is 4.85 Å². The van der Waals surface area contributed by atoms with E-state index in [1.807, 2.05) is 12.1 Å². The van der Waals surface area contributed by atoms with Crippen molar-refractivity contribution in [3.63, 3.8) is 0 Å². The molecule has 0 amide bonds. The summed E-state index contributed by atoms with van der Waals surface area (Å²) in [6, 6.07) is 3.86. The van der Waals surface area contributed by atoms with Gasteiger partial charge in [0.15, 0.2) is 0 Å². The summed E-state index contributed by atoms with van der Waals surface area (Å²) in [5.74, 6) is 0. The molecule has 11 heavy (non-hydrogen) atoms. The summed E-state index contributed by atoms with van der Waals surface area (Å²) in [5.41, 5.74) is 1.12. The van der Waals surface area contributed by atoms with Gasteiger partial charge in [-0.1, -0.05) is 6.07 Å². The molecule has 0 saturated heterocycles. The third-order valence-electron chi connectivity index (χ3n) is 1.30. The van der Waals surface area contributed by atoms with Crippen LogP contribution in [0.5, 0.6) is 0 Å². The summed E-state index contributed by atoms with van der Waals surface area (Å²) >= 11 is 3.24. The Morgan fingerprint density at radius 1 is 1.55 bits per heavy atom. The Bertz CT molecular complexity index is 260. The lowest BCUT2D eigenvalue weighted by molar-refractivity contribution is 1.05. The van der Waals surface area contributed by atoms with Crippen LogP contribution >= 0.6 is 15.9 Å². The van der Waals surface area contributed by atoms with E-state index in [1.54, 1.807) is 6.20 Å². The average Bonchev–Trinajstić information content (AvgIpc) is 2.04. The molecule has 0 aliphatic carbocycles. The van der Waals surface area contributed by atoms with Crippen molar-refractivity contribution < 1.29 is 0 Å². The molecule has 0 fully saturated rings. The van der Waals surface area contributed by atoms with Gasteiger partial charge in [0.05, 0.1) is 0 Å². The van der Waals surface area contributed by atoms with Crippen molar-refractivity contribution in [1.82, 2.24) is 4.98 Å². The number of aromatic nitrogens is 1. The van der Waals surface area contributed by atoms with Crippen LogP contribution in [0.3, 0.4) is 0 Å². The van der Waals surface area contributed by atoms with Gasteiger partial charge in [-0.05, 0) is 27.6 Å². The van der Waals surface area contributed by atoms with E-state index in [1.165, 1.54) is 0 Å². The molecular formula is C8H7BrN2. The SMILES string of the molecule is [C-]#[N+]CCc1ccc(Br)nc1. The maximum Gasteiger partial charge on any atom is 0.218 e. The predicted molar refractivity (Wildman–Crippen MR) is 47.1 cm³/mol. The second-order valence-electron chi connectivity index (χ2n) is 2.12. The molecule has 3 heteroatoms. The zero-order valence-electron chi connectivity index (χ0n) is 5.92. The van der Waals surface area contributed by atoms with E-state index < -0.39 is 0 Å². The normalized spacial score (nSPS) is 9.09. The molecule has 0 saturated carbocycles. The second kappa shape index (κ2) is 4.09. The van der Waals surface area contributed by atoms with E-state index in [0.717, 1.165) is 16.6 Å². The number of halogens is 1. The summed E-state index contributed by atoms with van der Waals surface area (Å²) < 4.78 is 0.837. The summed E-state index contributed by atoms with van der Waals surface area (Å²) in [7, 11) is 0. The molecule has 56 valence electrons. The maximum atomic E-state index is 6.59. The lowest BCUT2D eigenvalue weighted by Crippen LogP contribution is -1.88. The zero-order chi connectivity index (χ0) is 8.10. The summed E-state index contributed by atoms with van der Waals surface area (Å²) in [5, 5.41) is 0. The first kappa shape index (κ1) is 8.22. The largest absolute Gasteiger partial charge is 0.317 e. The first-order valence-corrected chi connectivity index (χ1v) is 4.06. The van der Waals surface area contributed by atoms with E-state index in [2.05, 4.69) is 25.8 Å². The first-order valence-electron chi connectivity index (χ1n) is 3.26. The van der Waals surface area contributed by atoms with Crippen LogP contribution in [-0.4, -0.2) is 11.5 Å². The van der Waals surface area contributed by atoms with Crippen LogP contribution in [0.2, 0.25) is 0 Å². The predicted octanol–water partition coefficient (Wildman–Crippen LogP) is 2.31. The smallest absolute Gasteiger partial charge is 0.218 e. The number of hydrogen-bond acceptors (Lipinski definition) is 1. The molecule has 0 atom stereocenters. The standard InChI is InChI=1S/C8H7BrN2/c1-10-5-4-7-2-3-8(9)11-6-7/h2-3,6H,4-5H2. The quantitative estimate of drug-likeness (QED) is 0.541. The minimum atomic E-state index is 0.545. The summed E-state index contributed by atoms with van der Waals surface area (Å²) in [6.07, 6.45) is 2.58. The van der Waals surface area contributed by atoms with Crippen molar-refractivity contribution >= 4 is 15.9 Å². The highest BCUT2D eigenvalue weighted by Gasteiger charge is 1.94. The summed E-state index contributed by atoms with van der Waals surface area (Å²) in [4.78, 5) is 7.31. The van der Waals surface area contributed by atoms with Crippen molar-refractivity contribution in [2.75, 3.05) is 6.54 Å². The highest BCUT2D eigenvalue weighted by Crippen LogP contribution is 2.06. The lowest BCUT2D eigenvalue weighted by Gasteiger charge is -1.93.